The first-order valence-electron chi connectivity index (χ1n) is 9.43. The van der Waals surface area contributed by atoms with Gasteiger partial charge in [0.05, 0.1) is 19.1 Å². The van der Waals surface area contributed by atoms with E-state index in [1.807, 2.05) is 0 Å². The van der Waals surface area contributed by atoms with Crippen LogP contribution in [-0.2, 0) is 14.8 Å². The highest BCUT2D eigenvalue weighted by molar-refractivity contribution is 7.89. The van der Waals surface area contributed by atoms with Crippen molar-refractivity contribution in [3.8, 4) is 11.5 Å². The Hall–Kier alpha value is -2.91. The van der Waals surface area contributed by atoms with Crippen molar-refractivity contribution in [2.24, 2.45) is 0 Å². The van der Waals surface area contributed by atoms with Gasteiger partial charge < -0.3 is 14.8 Å². The zero-order valence-electron chi connectivity index (χ0n) is 17.0. The normalized spacial score (nSPS) is 16.8. The van der Waals surface area contributed by atoms with Crippen LogP contribution in [0.25, 0.3) is 0 Å². The molecule has 1 N–H and O–H groups in total. The number of nitrogens with zero attached hydrogens (tertiary/aromatic N) is 1. The molecule has 2 aromatic rings. The number of nitrogens with one attached hydrogen (secondary N) is 1. The SMILES string of the molecule is COc1ccc(S(=O)(=O)N2CCC[C@H]2C(=O)Nc2ccc(C(C)=O)cc2)cc1OC. The first-order valence-corrected chi connectivity index (χ1v) is 10.9. The van der Waals surface area contributed by atoms with E-state index < -0.39 is 22.0 Å². The molecule has 1 heterocycles. The molecule has 30 heavy (non-hydrogen) atoms. The van der Waals surface area contributed by atoms with Crippen LogP contribution in [0.3, 0.4) is 0 Å². The fourth-order valence-electron chi connectivity index (χ4n) is 3.42. The first kappa shape index (κ1) is 21.8. The molecule has 9 heteroatoms. The van der Waals surface area contributed by atoms with Crippen LogP contribution < -0.4 is 14.8 Å². The predicted molar refractivity (Wildman–Crippen MR) is 112 cm³/mol. The summed E-state index contributed by atoms with van der Waals surface area (Å²) in [5.74, 6) is 0.230. The number of ether oxygens (including phenoxy) is 2. The van der Waals surface area contributed by atoms with Crippen LogP contribution in [0.4, 0.5) is 5.69 Å². The van der Waals surface area contributed by atoms with Crippen LogP contribution in [0.5, 0.6) is 11.5 Å². The standard InChI is InChI=1S/C21H24N2O6S/c1-14(24)15-6-8-16(9-7-15)22-21(25)18-5-4-12-23(18)30(26,27)17-10-11-19(28-2)20(13-17)29-3/h6-11,13,18H,4-5,12H2,1-3H3,(H,22,25)/t18-/m0/s1. The van der Waals surface area contributed by atoms with Crippen LogP contribution in [-0.4, -0.2) is 51.2 Å². The number of ketones is 1. The monoisotopic (exact) mass is 432 g/mol. The van der Waals surface area contributed by atoms with Gasteiger partial charge in [-0.05, 0) is 56.2 Å². The number of benzene rings is 2. The molecule has 0 spiro atoms. The van der Waals surface area contributed by atoms with Crippen molar-refractivity contribution >= 4 is 27.4 Å². The number of methoxy groups -OCH3 is 2. The lowest BCUT2D eigenvalue weighted by Crippen LogP contribution is -2.43. The zero-order chi connectivity index (χ0) is 21.9. The second-order valence-corrected chi connectivity index (χ2v) is 8.80. The Bertz CT molecular complexity index is 1050. The van der Waals surface area contributed by atoms with E-state index in [-0.39, 0.29) is 17.2 Å². The third-order valence-corrected chi connectivity index (χ3v) is 6.93. The molecule has 160 valence electrons. The molecule has 1 fully saturated rings. The number of anilines is 1. The molecule has 1 aliphatic heterocycles. The van der Waals surface area contributed by atoms with Gasteiger partial charge in [0, 0.05) is 23.9 Å². The molecule has 8 nitrogen and oxygen atoms in total. The van der Waals surface area contributed by atoms with Crippen molar-refractivity contribution in [1.82, 2.24) is 4.31 Å². The van der Waals surface area contributed by atoms with Crippen LogP contribution >= 0.6 is 0 Å². The largest absolute Gasteiger partial charge is 0.493 e. The quantitative estimate of drug-likeness (QED) is 0.675. The molecule has 2 aromatic carbocycles. The minimum Gasteiger partial charge on any atom is -0.493 e. The van der Waals surface area contributed by atoms with Crippen molar-refractivity contribution in [2.45, 2.75) is 30.7 Å². The summed E-state index contributed by atoms with van der Waals surface area (Å²) in [6.07, 6.45) is 0.998. The highest BCUT2D eigenvalue weighted by Gasteiger charge is 2.39. The summed E-state index contributed by atoms with van der Waals surface area (Å²) >= 11 is 0. The Kier molecular flexibility index (Phi) is 6.42. The van der Waals surface area contributed by atoms with Gasteiger partial charge in [-0.2, -0.15) is 4.31 Å². The smallest absolute Gasteiger partial charge is 0.243 e. The van der Waals surface area contributed by atoms with Crippen LogP contribution in [0, 0.1) is 0 Å². The second kappa shape index (κ2) is 8.85. The molecule has 1 aliphatic rings. The molecule has 1 saturated heterocycles. The maximum Gasteiger partial charge on any atom is 0.243 e. The molecule has 0 unspecified atom stereocenters. The predicted octanol–water partition coefficient (Wildman–Crippen LogP) is 2.70. The molecule has 1 amide bonds. The van der Waals surface area contributed by atoms with Crippen LogP contribution in [0.2, 0.25) is 0 Å². The third-order valence-electron chi connectivity index (χ3n) is 5.03. The van der Waals surface area contributed by atoms with E-state index in [1.165, 1.54) is 43.6 Å². The summed E-state index contributed by atoms with van der Waals surface area (Å²) in [4.78, 5) is 24.2. The van der Waals surface area contributed by atoms with E-state index in [0.717, 1.165) is 0 Å². The van der Waals surface area contributed by atoms with Gasteiger partial charge >= 0.3 is 0 Å². The van der Waals surface area contributed by atoms with Crippen molar-refractivity contribution in [3.05, 3.63) is 48.0 Å². The summed E-state index contributed by atoms with van der Waals surface area (Å²) in [6, 6.07) is 10.00. The minimum atomic E-state index is -3.91. The van der Waals surface area contributed by atoms with E-state index in [9.17, 15) is 18.0 Å². The number of Topliss-reactive ketones (excluding diaryl/α,β-unsaturated/α-hetero) is 1. The molecule has 0 radical (unpaired) electrons. The summed E-state index contributed by atoms with van der Waals surface area (Å²) < 4.78 is 38.0. The Morgan fingerprint density at radius 2 is 1.70 bits per heavy atom. The van der Waals surface area contributed by atoms with E-state index in [2.05, 4.69) is 5.32 Å². The maximum absolute atomic E-state index is 13.2. The molecule has 0 aromatic heterocycles. The van der Waals surface area contributed by atoms with Gasteiger partial charge in [-0.3, -0.25) is 9.59 Å². The zero-order valence-corrected chi connectivity index (χ0v) is 17.9. The lowest BCUT2D eigenvalue weighted by molar-refractivity contribution is -0.119. The maximum atomic E-state index is 13.2. The lowest BCUT2D eigenvalue weighted by Gasteiger charge is -2.24. The lowest BCUT2D eigenvalue weighted by atomic mass is 10.1. The number of amides is 1. The molecule has 1 atom stereocenters. The number of carbonyl (C=O) groups excluding carboxylic acids is 2. The van der Waals surface area contributed by atoms with Gasteiger partial charge in [0.1, 0.15) is 6.04 Å². The fourth-order valence-corrected chi connectivity index (χ4v) is 5.09. The highest BCUT2D eigenvalue weighted by Crippen LogP contribution is 2.33. The number of hydrogen-bond donors (Lipinski definition) is 1. The molecular formula is C21H24N2O6S. The summed E-state index contributed by atoms with van der Waals surface area (Å²) in [5, 5.41) is 2.74. The Balaban J connectivity index is 1.81. The van der Waals surface area contributed by atoms with Crippen molar-refractivity contribution in [3.63, 3.8) is 0 Å². The average molecular weight is 432 g/mol. The molecule has 0 saturated carbocycles. The Morgan fingerprint density at radius 3 is 2.30 bits per heavy atom. The van der Waals surface area contributed by atoms with Crippen LogP contribution in [0.1, 0.15) is 30.1 Å². The molecule has 0 aliphatic carbocycles. The highest BCUT2D eigenvalue weighted by atomic mass is 32.2. The van der Waals surface area contributed by atoms with Crippen LogP contribution in [0.15, 0.2) is 47.4 Å². The van der Waals surface area contributed by atoms with E-state index in [4.69, 9.17) is 9.47 Å². The summed E-state index contributed by atoms with van der Waals surface area (Å²) in [7, 11) is -1.01. The topological polar surface area (TPSA) is 102 Å². The Labute approximate surface area is 175 Å². The van der Waals surface area contributed by atoms with Gasteiger partial charge in [-0.1, -0.05) is 0 Å². The number of carbonyl (C=O) groups is 2. The average Bonchev–Trinajstić information content (AvgIpc) is 3.24. The molecular weight excluding hydrogens is 408 g/mol. The van der Waals surface area contributed by atoms with Crippen molar-refractivity contribution < 1.29 is 27.5 Å². The van der Waals surface area contributed by atoms with Crippen molar-refractivity contribution in [2.75, 3.05) is 26.1 Å². The number of hydrogen-bond acceptors (Lipinski definition) is 6. The Morgan fingerprint density at radius 1 is 1.03 bits per heavy atom. The summed E-state index contributed by atoms with van der Waals surface area (Å²) in [5.41, 5.74) is 1.03. The van der Waals surface area contributed by atoms with E-state index in [1.54, 1.807) is 24.3 Å². The third kappa shape index (κ3) is 4.31. The van der Waals surface area contributed by atoms with Gasteiger partial charge in [0.2, 0.25) is 15.9 Å². The van der Waals surface area contributed by atoms with Gasteiger partial charge in [0.25, 0.3) is 0 Å². The van der Waals surface area contributed by atoms with E-state index >= 15 is 0 Å². The van der Waals surface area contributed by atoms with Gasteiger partial charge in [-0.15, -0.1) is 0 Å². The second-order valence-electron chi connectivity index (χ2n) is 6.91. The molecule has 3 rings (SSSR count). The van der Waals surface area contributed by atoms with Gasteiger partial charge in [-0.25, -0.2) is 8.42 Å². The summed E-state index contributed by atoms with van der Waals surface area (Å²) in [6.45, 7) is 1.71. The number of sulfonamides is 1. The minimum absolute atomic E-state index is 0.0330. The molecule has 0 bridgehead atoms. The first-order chi connectivity index (χ1) is 14.3. The number of rotatable bonds is 7. The fraction of sp³-hybridized carbons (Fsp3) is 0.333. The van der Waals surface area contributed by atoms with Gasteiger partial charge in [0.15, 0.2) is 17.3 Å². The van der Waals surface area contributed by atoms with Crippen molar-refractivity contribution in [1.29, 1.82) is 0 Å². The van der Waals surface area contributed by atoms with E-state index in [0.29, 0.717) is 35.6 Å².